The highest BCUT2D eigenvalue weighted by atomic mass is 16.4. The Balaban J connectivity index is 3.67. The van der Waals surface area contributed by atoms with Gasteiger partial charge >= 0.3 is 0 Å². The molecule has 0 saturated heterocycles. The molecule has 2 heteroatoms. The molecule has 0 aliphatic heterocycles. The van der Waals surface area contributed by atoms with Crippen molar-refractivity contribution in [3.05, 3.63) is 12.2 Å². The zero-order chi connectivity index (χ0) is 11.5. The van der Waals surface area contributed by atoms with E-state index in [0.717, 1.165) is 25.7 Å². The third kappa shape index (κ3) is 8.22. The van der Waals surface area contributed by atoms with Gasteiger partial charge in [-0.2, -0.15) is 0 Å². The molecular formula is C13H23O2-. The van der Waals surface area contributed by atoms with Gasteiger partial charge in [0.1, 0.15) is 0 Å². The average molecular weight is 211 g/mol. The van der Waals surface area contributed by atoms with Gasteiger partial charge < -0.3 is 9.90 Å². The number of rotatable bonds is 9. The molecule has 0 aromatic heterocycles. The van der Waals surface area contributed by atoms with E-state index in [0.29, 0.717) is 0 Å². The maximum Gasteiger partial charge on any atom is 0.0483 e. The molecule has 0 aliphatic rings. The highest BCUT2D eigenvalue weighted by molar-refractivity contribution is 5.69. The second-order valence-corrected chi connectivity index (χ2v) is 3.96. The van der Waals surface area contributed by atoms with Crippen LogP contribution in [-0.4, -0.2) is 5.97 Å². The summed E-state index contributed by atoms with van der Waals surface area (Å²) in [5.41, 5.74) is 0. The fourth-order valence-electron chi connectivity index (χ4n) is 1.56. The van der Waals surface area contributed by atoms with Gasteiger partial charge in [-0.3, -0.25) is 0 Å². The number of hydrogen-bond donors (Lipinski definition) is 0. The Morgan fingerprint density at radius 3 is 2.40 bits per heavy atom. The van der Waals surface area contributed by atoms with Crippen LogP contribution in [0.5, 0.6) is 0 Å². The van der Waals surface area contributed by atoms with Crippen molar-refractivity contribution in [1.29, 1.82) is 0 Å². The highest BCUT2D eigenvalue weighted by Gasteiger charge is 2.04. The van der Waals surface area contributed by atoms with Crippen molar-refractivity contribution in [2.75, 3.05) is 0 Å². The summed E-state index contributed by atoms with van der Waals surface area (Å²) in [4.78, 5) is 10.8. The zero-order valence-corrected chi connectivity index (χ0v) is 10.00. The molecular weight excluding hydrogens is 188 g/mol. The van der Waals surface area contributed by atoms with E-state index < -0.39 is 5.97 Å². The third-order valence-corrected chi connectivity index (χ3v) is 2.53. The number of hydrogen-bond acceptors (Lipinski definition) is 2. The lowest BCUT2D eigenvalue weighted by Crippen LogP contribution is -2.30. The number of unbranched alkanes of at least 4 members (excludes halogenated alkanes) is 4. The lowest BCUT2D eigenvalue weighted by Gasteiger charge is -2.13. The predicted octanol–water partition coefficient (Wildman–Crippen LogP) is 2.68. The monoisotopic (exact) mass is 211 g/mol. The van der Waals surface area contributed by atoms with E-state index >= 15 is 0 Å². The Kier molecular flexibility index (Phi) is 9.24. The number of carbonyl (C=O) groups is 1. The minimum absolute atomic E-state index is 0.383. The van der Waals surface area contributed by atoms with Crippen molar-refractivity contribution < 1.29 is 9.90 Å². The first-order valence-electron chi connectivity index (χ1n) is 6.09. The van der Waals surface area contributed by atoms with Gasteiger partial charge in [-0.1, -0.05) is 58.1 Å². The predicted molar refractivity (Wildman–Crippen MR) is 61.3 cm³/mol. The van der Waals surface area contributed by atoms with Crippen molar-refractivity contribution in [3.8, 4) is 0 Å². The van der Waals surface area contributed by atoms with Gasteiger partial charge in [0.15, 0.2) is 0 Å². The van der Waals surface area contributed by atoms with E-state index in [1.807, 2.05) is 13.0 Å². The molecule has 0 spiro atoms. The van der Waals surface area contributed by atoms with Gasteiger partial charge in [0.2, 0.25) is 0 Å². The highest BCUT2D eigenvalue weighted by Crippen LogP contribution is 2.12. The van der Waals surface area contributed by atoms with Gasteiger partial charge in [-0.25, -0.2) is 0 Å². The molecule has 0 saturated carbocycles. The van der Waals surface area contributed by atoms with Crippen molar-refractivity contribution >= 4 is 5.97 Å². The van der Waals surface area contributed by atoms with Crippen molar-refractivity contribution in [2.24, 2.45) is 5.92 Å². The normalized spacial score (nSPS) is 13.2. The number of aliphatic carboxylic acids is 1. The fraction of sp³-hybridized carbons (Fsp3) is 0.769. The summed E-state index contributed by atoms with van der Waals surface area (Å²) in [6, 6.07) is 0. The van der Waals surface area contributed by atoms with E-state index in [1.54, 1.807) is 6.08 Å². The second kappa shape index (κ2) is 9.75. The maximum absolute atomic E-state index is 10.8. The molecule has 15 heavy (non-hydrogen) atoms. The van der Waals surface area contributed by atoms with E-state index in [2.05, 4.69) is 6.92 Å². The Labute approximate surface area is 93.4 Å². The standard InChI is InChI=1S/C13H24O2/c1-3-5-7-8-9-11-12(13(14)15)10-6-4-2/h6,10,12H,3-5,7-9,11H2,1-2H3,(H,14,15)/p-1/b10-6+. The molecule has 1 atom stereocenters. The summed E-state index contributed by atoms with van der Waals surface area (Å²) < 4.78 is 0. The average Bonchev–Trinajstić information content (AvgIpc) is 2.21. The van der Waals surface area contributed by atoms with Crippen LogP contribution in [0, 0.1) is 5.92 Å². The van der Waals surface area contributed by atoms with Crippen molar-refractivity contribution in [3.63, 3.8) is 0 Å². The number of carboxylic acid groups (broad SMARTS) is 1. The largest absolute Gasteiger partial charge is 0.550 e. The molecule has 1 unspecified atom stereocenters. The Morgan fingerprint density at radius 2 is 1.87 bits per heavy atom. The summed E-state index contributed by atoms with van der Waals surface area (Å²) in [5, 5.41) is 10.8. The van der Waals surface area contributed by atoms with Crippen LogP contribution in [0.1, 0.15) is 58.8 Å². The topological polar surface area (TPSA) is 40.1 Å². The van der Waals surface area contributed by atoms with E-state index in [4.69, 9.17) is 0 Å². The molecule has 88 valence electrons. The van der Waals surface area contributed by atoms with Crippen LogP contribution in [-0.2, 0) is 4.79 Å². The summed E-state index contributed by atoms with van der Waals surface area (Å²) in [7, 11) is 0. The molecule has 0 bridgehead atoms. The van der Waals surface area contributed by atoms with Crippen molar-refractivity contribution in [2.45, 2.75) is 58.8 Å². The molecule has 0 N–H and O–H groups in total. The van der Waals surface area contributed by atoms with Gasteiger partial charge in [-0.05, 0) is 12.8 Å². The minimum atomic E-state index is -0.935. The van der Waals surface area contributed by atoms with Crippen LogP contribution in [0.25, 0.3) is 0 Å². The molecule has 0 aliphatic carbocycles. The van der Waals surface area contributed by atoms with Crippen LogP contribution < -0.4 is 5.11 Å². The third-order valence-electron chi connectivity index (χ3n) is 2.53. The minimum Gasteiger partial charge on any atom is -0.550 e. The first-order valence-corrected chi connectivity index (χ1v) is 6.09. The summed E-state index contributed by atoms with van der Waals surface area (Å²) in [5.74, 6) is -1.32. The fourth-order valence-corrected chi connectivity index (χ4v) is 1.56. The van der Waals surface area contributed by atoms with Crippen LogP contribution in [0.4, 0.5) is 0 Å². The van der Waals surface area contributed by atoms with Crippen LogP contribution >= 0.6 is 0 Å². The molecule has 0 aromatic rings. The first-order chi connectivity index (χ1) is 7.22. The quantitative estimate of drug-likeness (QED) is 0.434. The molecule has 0 amide bonds. The van der Waals surface area contributed by atoms with Crippen LogP contribution in [0.2, 0.25) is 0 Å². The first kappa shape index (κ1) is 14.2. The summed E-state index contributed by atoms with van der Waals surface area (Å²) in [6.07, 6.45) is 11.1. The number of allylic oxidation sites excluding steroid dienone is 1. The smallest absolute Gasteiger partial charge is 0.0483 e. The SMILES string of the molecule is CC/C=C/C(CCCCCCC)C(=O)[O-]. The molecule has 0 aromatic carbocycles. The van der Waals surface area contributed by atoms with Gasteiger partial charge in [0.05, 0.1) is 0 Å². The molecule has 2 nitrogen and oxygen atoms in total. The van der Waals surface area contributed by atoms with Gasteiger partial charge in [0.25, 0.3) is 0 Å². The van der Waals surface area contributed by atoms with Crippen LogP contribution in [0.15, 0.2) is 12.2 Å². The summed E-state index contributed by atoms with van der Waals surface area (Å²) >= 11 is 0. The van der Waals surface area contributed by atoms with Crippen LogP contribution in [0.3, 0.4) is 0 Å². The number of carboxylic acids is 1. The molecule has 0 heterocycles. The number of carbonyl (C=O) groups excluding carboxylic acids is 1. The van der Waals surface area contributed by atoms with E-state index in [9.17, 15) is 9.90 Å². The molecule has 0 rings (SSSR count). The Bertz CT molecular complexity index is 185. The second-order valence-electron chi connectivity index (χ2n) is 3.96. The van der Waals surface area contributed by atoms with Crippen molar-refractivity contribution in [1.82, 2.24) is 0 Å². The maximum atomic E-state index is 10.8. The van der Waals surface area contributed by atoms with E-state index in [1.165, 1.54) is 19.3 Å². The lowest BCUT2D eigenvalue weighted by atomic mass is 10.00. The van der Waals surface area contributed by atoms with Gasteiger partial charge in [-0.15, -0.1) is 0 Å². The van der Waals surface area contributed by atoms with E-state index in [-0.39, 0.29) is 5.92 Å². The molecule has 0 fully saturated rings. The van der Waals surface area contributed by atoms with Gasteiger partial charge in [0, 0.05) is 11.9 Å². The summed E-state index contributed by atoms with van der Waals surface area (Å²) in [6.45, 7) is 4.18. The molecule has 0 radical (unpaired) electrons. The Hall–Kier alpha value is -0.790. The zero-order valence-electron chi connectivity index (χ0n) is 10.00. The Morgan fingerprint density at radius 1 is 1.20 bits per heavy atom. The lowest BCUT2D eigenvalue weighted by molar-refractivity contribution is -0.309.